The van der Waals surface area contributed by atoms with Crippen LogP contribution in [0.25, 0.3) is 0 Å². The van der Waals surface area contributed by atoms with E-state index >= 15 is 0 Å². The summed E-state index contributed by atoms with van der Waals surface area (Å²) in [5, 5.41) is 0. The maximum atomic E-state index is 11.4. The SMILES string of the molecule is CCCCC/C(=C/C(=O)OCC)[Te]CCCC. The third kappa shape index (κ3) is 10.9. The van der Waals surface area contributed by atoms with Crippen molar-refractivity contribution < 1.29 is 9.53 Å². The van der Waals surface area contributed by atoms with Crippen LogP contribution >= 0.6 is 0 Å². The van der Waals surface area contributed by atoms with E-state index in [9.17, 15) is 4.79 Å². The Morgan fingerprint density at radius 1 is 1.12 bits per heavy atom. The Morgan fingerprint density at radius 2 is 1.82 bits per heavy atom. The van der Waals surface area contributed by atoms with Gasteiger partial charge in [0.25, 0.3) is 0 Å². The first-order valence-electron chi connectivity index (χ1n) is 6.74. The second kappa shape index (κ2) is 12.5. The van der Waals surface area contributed by atoms with Gasteiger partial charge in [0.05, 0.1) is 0 Å². The van der Waals surface area contributed by atoms with E-state index in [0.29, 0.717) is 6.61 Å². The van der Waals surface area contributed by atoms with Crippen molar-refractivity contribution in [2.45, 2.75) is 63.8 Å². The number of rotatable bonds is 10. The average Bonchev–Trinajstić information content (AvgIpc) is 2.29. The third-order valence-corrected chi connectivity index (χ3v) is 5.76. The molecule has 0 heterocycles. The molecule has 0 aromatic rings. The number of ether oxygens (including phenoxy) is 1. The molecule has 0 amide bonds. The Bertz CT molecular complexity index is 212. The van der Waals surface area contributed by atoms with Gasteiger partial charge in [-0.3, -0.25) is 0 Å². The van der Waals surface area contributed by atoms with Crippen molar-refractivity contribution in [3.05, 3.63) is 9.70 Å². The van der Waals surface area contributed by atoms with Gasteiger partial charge in [-0.2, -0.15) is 0 Å². The van der Waals surface area contributed by atoms with Gasteiger partial charge in [0, 0.05) is 0 Å². The van der Waals surface area contributed by atoms with Crippen LogP contribution in [0.1, 0.15) is 59.3 Å². The van der Waals surface area contributed by atoms with Gasteiger partial charge >= 0.3 is 116 Å². The van der Waals surface area contributed by atoms with Gasteiger partial charge in [0.1, 0.15) is 0 Å². The second-order valence-electron chi connectivity index (χ2n) is 4.02. The van der Waals surface area contributed by atoms with Crippen LogP contribution in [0.5, 0.6) is 0 Å². The minimum atomic E-state index is -0.138. The van der Waals surface area contributed by atoms with Gasteiger partial charge < -0.3 is 0 Å². The topological polar surface area (TPSA) is 26.3 Å². The standard InChI is InChI=1S/C14H26O2Te/c1-4-7-9-10-13(17-11-8-5-2)12-14(15)16-6-3/h12H,4-11H2,1-3H3/b13-12-. The van der Waals surface area contributed by atoms with E-state index in [-0.39, 0.29) is 26.9 Å². The molecular weight excluding hydrogens is 328 g/mol. The van der Waals surface area contributed by atoms with Crippen LogP contribution in [0.3, 0.4) is 0 Å². The van der Waals surface area contributed by atoms with Crippen molar-refractivity contribution in [1.29, 1.82) is 0 Å². The van der Waals surface area contributed by atoms with E-state index in [4.69, 9.17) is 4.74 Å². The number of hydrogen-bond acceptors (Lipinski definition) is 2. The molecule has 0 rings (SSSR count). The molecule has 0 spiro atoms. The van der Waals surface area contributed by atoms with Gasteiger partial charge in [-0.05, 0) is 0 Å². The average molecular weight is 354 g/mol. The molecule has 0 N–H and O–H groups in total. The van der Waals surface area contributed by atoms with Crippen LogP contribution < -0.4 is 0 Å². The van der Waals surface area contributed by atoms with Crippen molar-refractivity contribution in [3.8, 4) is 0 Å². The van der Waals surface area contributed by atoms with E-state index in [1.807, 2.05) is 6.92 Å². The zero-order valence-corrected chi connectivity index (χ0v) is 13.8. The zero-order valence-electron chi connectivity index (χ0n) is 11.5. The zero-order chi connectivity index (χ0) is 12.9. The van der Waals surface area contributed by atoms with Crippen molar-refractivity contribution >= 4 is 26.9 Å². The molecule has 0 bridgehead atoms. The summed E-state index contributed by atoms with van der Waals surface area (Å²) in [6.07, 6.45) is 9.17. The third-order valence-electron chi connectivity index (χ3n) is 2.38. The first-order valence-corrected chi connectivity index (χ1v) is 9.55. The van der Waals surface area contributed by atoms with Gasteiger partial charge in [-0.15, -0.1) is 0 Å². The fourth-order valence-electron chi connectivity index (χ4n) is 1.40. The molecule has 0 saturated carbocycles. The summed E-state index contributed by atoms with van der Waals surface area (Å²) in [6, 6.07) is 0. The predicted octanol–water partition coefficient (Wildman–Crippen LogP) is 3.94. The summed E-state index contributed by atoms with van der Waals surface area (Å²) in [4.78, 5) is 11.4. The minimum absolute atomic E-state index is 0.132. The first kappa shape index (κ1) is 17.0. The number of carbonyl (C=O) groups excluding carboxylic acids is 1. The molecule has 17 heavy (non-hydrogen) atoms. The molecule has 100 valence electrons. The summed E-state index contributed by atoms with van der Waals surface area (Å²) >= 11 is -0.132. The number of hydrogen-bond donors (Lipinski definition) is 0. The quantitative estimate of drug-likeness (QED) is 0.257. The van der Waals surface area contributed by atoms with Crippen LogP contribution in [0.15, 0.2) is 9.70 Å². The summed E-state index contributed by atoms with van der Waals surface area (Å²) in [6.45, 7) is 6.77. The van der Waals surface area contributed by atoms with Gasteiger partial charge in [-0.1, -0.05) is 0 Å². The maximum absolute atomic E-state index is 11.4. The predicted molar refractivity (Wildman–Crippen MR) is 74.3 cm³/mol. The molecule has 0 aromatic carbocycles. The molecule has 3 heteroatoms. The molecule has 0 fully saturated rings. The Balaban J connectivity index is 4.12. The van der Waals surface area contributed by atoms with E-state index in [2.05, 4.69) is 13.8 Å². The number of allylic oxidation sites excluding steroid dienone is 1. The summed E-state index contributed by atoms with van der Waals surface area (Å²) in [5.41, 5.74) is 0. The molecule has 0 aromatic heterocycles. The molecule has 0 radical (unpaired) electrons. The van der Waals surface area contributed by atoms with Gasteiger partial charge in [0.2, 0.25) is 0 Å². The Hall–Kier alpha value is -0.000390. The van der Waals surface area contributed by atoms with Crippen LogP contribution in [0.2, 0.25) is 4.47 Å². The van der Waals surface area contributed by atoms with Crippen molar-refractivity contribution in [2.24, 2.45) is 0 Å². The van der Waals surface area contributed by atoms with E-state index in [1.54, 1.807) is 6.08 Å². The fraction of sp³-hybridized carbons (Fsp3) is 0.786. The molecule has 0 unspecified atom stereocenters. The molecule has 0 aliphatic carbocycles. The van der Waals surface area contributed by atoms with E-state index in [1.165, 1.54) is 40.2 Å². The normalized spacial score (nSPS) is 11.6. The monoisotopic (exact) mass is 356 g/mol. The van der Waals surface area contributed by atoms with Crippen LogP contribution in [0, 0.1) is 0 Å². The first-order chi connectivity index (χ1) is 8.24. The fourth-order valence-corrected chi connectivity index (χ4v) is 4.72. The number of esters is 1. The molecule has 0 atom stereocenters. The van der Waals surface area contributed by atoms with Crippen molar-refractivity contribution in [1.82, 2.24) is 0 Å². The molecule has 2 nitrogen and oxygen atoms in total. The van der Waals surface area contributed by atoms with Crippen molar-refractivity contribution in [3.63, 3.8) is 0 Å². The summed E-state index contributed by atoms with van der Waals surface area (Å²) < 4.78 is 7.71. The van der Waals surface area contributed by atoms with Crippen LogP contribution in [-0.2, 0) is 9.53 Å². The molecule has 0 aliphatic rings. The van der Waals surface area contributed by atoms with Gasteiger partial charge in [-0.25, -0.2) is 0 Å². The summed E-state index contributed by atoms with van der Waals surface area (Å²) in [5.74, 6) is -0.138. The van der Waals surface area contributed by atoms with Crippen LogP contribution in [0.4, 0.5) is 0 Å². The van der Waals surface area contributed by atoms with Crippen LogP contribution in [-0.4, -0.2) is 33.5 Å². The molecule has 0 saturated heterocycles. The van der Waals surface area contributed by atoms with E-state index < -0.39 is 0 Å². The second-order valence-corrected chi connectivity index (χ2v) is 7.51. The summed E-state index contributed by atoms with van der Waals surface area (Å²) in [7, 11) is 0. The Morgan fingerprint density at radius 3 is 2.41 bits per heavy atom. The van der Waals surface area contributed by atoms with Crippen molar-refractivity contribution in [2.75, 3.05) is 6.61 Å². The molecular formula is C14H26O2Te. The number of carbonyl (C=O) groups is 1. The molecule has 0 aliphatic heterocycles. The van der Waals surface area contributed by atoms with Gasteiger partial charge in [0.15, 0.2) is 0 Å². The Kier molecular flexibility index (Phi) is 12.5. The van der Waals surface area contributed by atoms with E-state index in [0.717, 1.165) is 6.42 Å². The number of unbranched alkanes of at least 4 members (excludes halogenated alkanes) is 3. The Labute approximate surface area is 116 Å².